The molecule has 90 valence electrons. The van der Waals surface area contributed by atoms with Crippen LogP contribution in [0, 0.1) is 22.7 Å². The van der Waals surface area contributed by atoms with Gasteiger partial charge in [-0.15, -0.1) is 11.3 Å². The minimum Gasteiger partial charge on any atom is -0.253 e. The van der Waals surface area contributed by atoms with E-state index in [9.17, 15) is 9.47 Å². The Morgan fingerprint density at radius 2 is 2.28 bits per heavy atom. The van der Waals surface area contributed by atoms with E-state index in [4.69, 9.17) is 5.26 Å². The Balaban J connectivity index is 2.73. The summed E-state index contributed by atoms with van der Waals surface area (Å²) >= 11 is 1.07. The summed E-state index contributed by atoms with van der Waals surface area (Å²) in [4.78, 5) is 4.10. The summed E-state index contributed by atoms with van der Waals surface area (Å²) in [5, 5.41) is 22.2. The topological polar surface area (TPSA) is 95.4 Å². The van der Waals surface area contributed by atoms with Crippen molar-refractivity contribution in [2.24, 2.45) is 0 Å². The molecule has 0 fully saturated rings. The SMILES string of the molecule is CCS(=O)c1sc(C#N)c(-n2cncn2)c1C#N. The fraction of sp³-hybridized carbons (Fsp3) is 0.200. The monoisotopic (exact) mass is 277 g/mol. The van der Waals surface area contributed by atoms with Gasteiger partial charge in [0.05, 0.1) is 10.8 Å². The fourth-order valence-corrected chi connectivity index (χ4v) is 3.79. The van der Waals surface area contributed by atoms with E-state index >= 15 is 0 Å². The first-order valence-electron chi connectivity index (χ1n) is 4.93. The summed E-state index contributed by atoms with van der Waals surface area (Å²) in [5.41, 5.74) is 0.599. The highest BCUT2D eigenvalue weighted by molar-refractivity contribution is 7.87. The molecular formula is C10H7N5OS2. The van der Waals surface area contributed by atoms with Crippen LogP contribution in [-0.4, -0.2) is 24.7 Å². The predicted octanol–water partition coefficient (Wildman–Crippen LogP) is 1.20. The maximum atomic E-state index is 11.9. The first-order valence-corrected chi connectivity index (χ1v) is 7.06. The van der Waals surface area contributed by atoms with Gasteiger partial charge in [-0.1, -0.05) is 6.92 Å². The molecule has 0 amide bonds. The Morgan fingerprint density at radius 1 is 1.50 bits per heavy atom. The zero-order chi connectivity index (χ0) is 13.1. The Morgan fingerprint density at radius 3 is 2.78 bits per heavy atom. The molecule has 1 unspecified atom stereocenters. The molecular weight excluding hydrogens is 270 g/mol. The first kappa shape index (κ1) is 12.4. The third-order valence-electron chi connectivity index (χ3n) is 2.18. The molecule has 8 heteroatoms. The molecule has 2 aromatic rings. The molecule has 0 aliphatic heterocycles. The van der Waals surface area contributed by atoms with Crippen molar-refractivity contribution in [3.63, 3.8) is 0 Å². The van der Waals surface area contributed by atoms with E-state index in [1.54, 1.807) is 6.92 Å². The Kier molecular flexibility index (Phi) is 3.51. The van der Waals surface area contributed by atoms with Gasteiger partial charge in [0.2, 0.25) is 0 Å². The van der Waals surface area contributed by atoms with Crippen LogP contribution in [0.1, 0.15) is 17.4 Å². The third kappa shape index (κ3) is 1.92. The van der Waals surface area contributed by atoms with Gasteiger partial charge in [-0.2, -0.15) is 15.6 Å². The smallest absolute Gasteiger partial charge is 0.138 e. The molecule has 1 atom stereocenters. The van der Waals surface area contributed by atoms with Crippen molar-refractivity contribution in [2.75, 3.05) is 5.75 Å². The lowest BCUT2D eigenvalue weighted by Crippen LogP contribution is -1.99. The van der Waals surface area contributed by atoms with Gasteiger partial charge in [0.1, 0.15) is 45.1 Å². The average molecular weight is 277 g/mol. The largest absolute Gasteiger partial charge is 0.253 e. The van der Waals surface area contributed by atoms with Gasteiger partial charge in [0.15, 0.2) is 0 Å². The van der Waals surface area contributed by atoms with E-state index in [1.807, 2.05) is 12.1 Å². The van der Waals surface area contributed by atoms with Crippen LogP contribution in [0.25, 0.3) is 5.69 Å². The standard InChI is InChI=1S/C10H7N5OS2/c1-2-18(16)10-7(3-11)9(8(4-12)17-10)15-6-13-5-14-15/h5-6H,2H2,1H3. The summed E-state index contributed by atoms with van der Waals surface area (Å²) in [5.74, 6) is 0.400. The van der Waals surface area contributed by atoms with Gasteiger partial charge < -0.3 is 0 Å². The Labute approximate surface area is 110 Å². The number of nitriles is 2. The molecule has 0 N–H and O–H groups in total. The van der Waals surface area contributed by atoms with Crippen molar-refractivity contribution in [3.05, 3.63) is 23.1 Å². The molecule has 2 rings (SSSR count). The molecule has 2 aromatic heterocycles. The number of hydrogen-bond acceptors (Lipinski definition) is 6. The van der Waals surface area contributed by atoms with E-state index in [0.717, 1.165) is 11.3 Å². The van der Waals surface area contributed by atoms with Gasteiger partial charge >= 0.3 is 0 Å². The average Bonchev–Trinajstić information content (AvgIpc) is 3.03. The van der Waals surface area contributed by atoms with E-state index < -0.39 is 10.8 Å². The van der Waals surface area contributed by atoms with E-state index in [-0.39, 0.29) is 5.56 Å². The second-order valence-electron chi connectivity index (χ2n) is 3.14. The second kappa shape index (κ2) is 5.08. The molecule has 0 saturated heterocycles. The molecule has 2 heterocycles. The lowest BCUT2D eigenvalue weighted by molar-refractivity contribution is 0.685. The van der Waals surface area contributed by atoms with E-state index in [2.05, 4.69) is 10.1 Å². The zero-order valence-electron chi connectivity index (χ0n) is 9.32. The third-order valence-corrected chi connectivity index (χ3v) is 5.01. The number of rotatable bonds is 3. The summed E-state index contributed by atoms with van der Waals surface area (Å²) in [7, 11) is -1.27. The summed E-state index contributed by atoms with van der Waals surface area (Å²) < 4.78 is 13.6. The van der Waals surface area contributed by atoms with Crippen LogP contribution in [0.3, 0.4) is 0 Å². The Bertz CT molecular complexity index is 674. The van der Waals surface area contributed by atoms with Crippen molar-refractivity contribution >= 4 is 22.1 Å². The number of hydrogen-bond donors (Lipinski definition) is 0. The maximum Gasteiger partial charge on any atom is 0.138 e. The summed E-state index contributed by atoms with van der Waals surface area (Å²) in [6.45, 7) is 1.76. The van der Waals surface area contributed by atoms with Crippen molar-refractivity contribution in [3.8, 4) is 17.8 Å². The van der Waals surface area contributed by atoms with Crippen molar-refractivity contribution in [2.45, 2.75) is 11.1 Å². The van der Waals surface area contributed by atoms with Gasteiger partial charge in [-0.05, 0) is 0 Å². The van der Waals surface area contributed by atoms with Crippen molar-refractivity contribution in [1.29, 1.82) is 10.5 Å². The van der Waals surface area contributed by atoms with Crippen LogP contribution in [-0.2, 0) is 10.8 Å². The summed E-state index contributed by atoms with van der Waals surface area (Å²) in [6.07, 6.45) is 2.72. The predicted molar refractivity (Wildman–Crippen MR) is 65.6 cm³/mol. The minimum atomic E-state index is -1.27. The van der Waals surface area contributed by atoms with Crippen LogP contribution in [0.4, 0.5) is 0 Å². The van der Waals surface area contributed by atoms with Crippen LogP contribution >= 0.6 is 11.3 Å². The molecule has 6 nitrogen and oxygen atoms in total. The van der Waals surface area contributed by atoms with Crippen molar-refractivity contribution in [1.82, 2.24) is 14.8 Å². The summed E-state index contributed by atoms with van der Waals surface area (Å²) in [6, 6.07) is 4.00. The molecule has 0 aliphatic carbocycles. The molecule has 0 bridgehead atoms. The number of aromatic nitrogens is 3. The normalized spacial score (nSPS) is 11.7. The van der Waals surface area contributed by atoms with Gasteiger partial charge in [0.25, 0.3) is 0 Å². The zero-order valence-corrected chi connectivity index (χ0v) is 11.0. The molecule has 0 aromatic carbocycles. The quantitative estimate of drug-likeness (QED) is 0.840. The van der Waals surface area contributed by atoms with Gasteiger partial charge in [0, 0.05) is 5.75 Å². The number of thiophene rings is 1. The lowest BCUT2D eigenvalue weighted by atomic mass is 10.3. The van der Waals surface area contributed by atoms with Crippen molar-refractivity contribution < 1.29 is 4.21 Å². The van der Waals surface area contributed by atoms with Crippen LogP contribution in [0.15, 0.2) is 16.9 Å². The van der Waals surface area contributed by atoms with E-state index in [0.29, 0.717) is 20.5 Å². The van der Waals surface area contributed by atoms with Gasteiger partial charge in [-0.3, -0.25) is 4.21 Å². The van der Waals surface area contributed by atoms with Gasteiger partial charge in [-0.25, -0.2) is 9.67 Å². The highest BCUT2D eigenvalue weighted by Crippen LogP contribution is 2.32. The number of nitrogens with zero attached hydrogens (tertiary/aromatic N) is 5. The lowest BCUT2D eigenvalue weighted by Gasteiger charge is -1.98. The minimum absolute atomic E-state index is 0.238. The molecule has 18 heavy (non-hydrogen) atoms. The molecule has 0 radical (unpaired) electrons. The first-order chi connectivity index (χ1) is 8.72. The molecule has 0 saturated carbocycles. The van der Waals surface area contributed by atoms with E-state index in [1.165, 1.54) is 17.3 Å². The second-order valence-corrected chi connectivity index (χ2v) is 6.10. The highest BCUT2D eigenvalue weighted by Gasteiger charge is 2.23. The highest BCUT2D eigenvalue weighted by atomic mass is 32.2. The molecule has 0 spiro atoms. The van der Waals surface area contributed by atoms with Crippen LogP contribution in [0.5, 0.6) is 0 Å². The van der Waals surface area contributed by atoms with Crippen LogP contribution in [0.2, 0.25) is 0 Å². The molecule has 0 aliphatic rings. The fourth-order valence-electron chi connectivity index (χ4n) is 1.41. The maximum absolute atomic E-state index is 11.9. The Hall–Kier alpha value is -2.03. The van der Waals surface area contributed by atoms with Crippen LogP contribution < -0.4 is 0 Å².